The van der Waals surface area contributed by atoms with Crippen molar-refractivity contribution in [2.75, 3.05) is 14.2 Å². The van der Waals surface area contributed by atoms with Gasteiger partial charge in [-0.2, -0.15) is 5.10 Å². The fourth-order valence-electron chi connectivity index (χ4n) is 4.65. The van der Waals surface area contributed by atoms with Gasteiger partial charge in [0.1, 0.15) is 11.5 Å². The minimum absolute atomic E-state index is 0.0847. The topological polar surface area (TPSA) is 103 Å². The third-order valence-corrected chi connectivity index (χ3v) is 6.54. The third-order valence-electron chi connectivity index (χ3n) is 6.54. The van der Waals surface area contributed by atoms with Gasteiger partial charge in [-0.15, -0.1) is 0 Å². The highest BCUT2D eigenvalue weighted by Gasteiger charge is 2.35. The van der Waals surface area contributed by atoms with E-state index in [-0.39, 0.29) is 24.1 Å². The van der Waals surface area contributed by atoms with Crippen molar-refractivity contribution in [2.24, 2.45) is 17.8 Å². The molecule has 0 spiro atoms. The van der Waals surface area contributed by atoms with Gasteiger partial charge < -0.3 is 19.9 Å². The summed E-state index contributed by atoms with van der Waals surface area (Å²) in [5, 5.41) is 16.7. The Labute approximate surface area is 200 Å². The first-order chi connectivity index (χ1) is 16.2. The molecule has 1 aliphatic rings. The summed E-state index contributed by atoms with van der Waals surface area (Å²) in [5.74, 6) is 0.789. The molecule has 0 bridgehead atoms. The lowest BCUT2D eigenvalue weighted by atomic mass is 9.97. The normalized spacial score (nSPS) is 20.4. The minimum Gasteiger partial charge on any atom is -0.496 e. The monoisotopic (exact) mass is 469 g/mol. The van der Waals surface area contributed by atoms with Crippen molar-refractivity contribution in [1.82, 2.24) is 15.1 Å². The Hall–Kier alpha value is -3.29. The number of rotatable bonds is 9. The summed E-state index contributed by atoms with van der Waals surface area (Å²) >= 11 is 0. The van der Waals surface area contributed by atoms with Gasteiger partial charge in [-0.25, -0.2) is 0 Å². The molecule has 1 saturated carbocycles. The van der Waals surface area contributed by atoms with Gasteiger partial charge in [0, 0.05) is 5.70 Å². The fourth-order valence-corrected chi connectivity index (χ4v) is 4.65. The number of aliphatic carboxylic acids is 1. The highest BCUT2D eigenvalue weighted by Crippen LogP contribution is 2.45. The molecule has 34 heavy (non-hydrogen) atoms. The van der Waals surface area contributed by atoms with E-state index in [1.165, 1.54) is 0 Å². The zero-order chi connectivity index (χ0) is 25.0. The molecule has 1 aromatic carbocycles. The Morgan fingerprint density at radius 3 is 2.35 bits per heavy atom. The van der Waals surface area contributed by atoms with Crippen LogP contribution in [0.3, 0.4) is 0 Å². The van der Waals surface area contributed by atoms with Gasteiger partial charge in [-0.3, -0.25) is 14.3 Å². The molecule has 0 saturated heterocycles. The van der Waals surface area contributed by atoms with E-state index in [9.17, 15) is 14.7 Å². The molecule has 3 atom stereocenters. The summed E-state index contributed by atoms with van der Waals surface area (Å²) in [5.41, 5.74) is 2.03. The highest BCUT2D eigenvalue weighted by molar-refractivity contribution is 5.95. The van der Waals surface area contributed by atoms with Crippen LogP contribution in [-0.2, 0) is 4.79 Å². The second kappa shape index (κ2) is 10.8. The second-order valence-corrected chi connectivity index (χ2v) is 9.34. The number of amides is 1. The molecule has 3 unspecified atom stereocenters. The van der Waals surface area contributed by atoms with Gasteiger partial charge >= 0.3 is 5.97 Å². The number of hydrogen-bond donors (Lipinski definition) is 2. The minimum atomic E-state index is -1.01. The maximum Gasteiger partial charge on any atom is 0.309 e. The fraction of sp³-hybridized carbons (Fsp3) is 0.500. The van der Waals surface area contributed by atoms with Crippen LogP contribution in [0.25, 0.3) is 11.3 Å². The Balaban J connectivity index is 2.10. The molecule has 8 nitrogen and oxygen atoms in total. The number of allylic oxidation sites excluding steroid dienone is 1. The van der Waals surface area contributed by atoms with E-state index in [0.29, 0.717) is 29.0 Å². The first-order valence-electron chi connectivity index (χ1n) is 11.7. The van der Waals surface area contributed by atoms with Crippen molar-refractivity contribution in [3.63, 3.8) is 0 Å². The van der Waals surface area contributed by atoms with Crippen molar-refractivity contribution < 1.29 is 24.2 Å². The van der Waals surface area contributed by atoms with Gasteiger partial charge in [0.05, 0.1) is 37.9 Å². The number of carboxylic acid groups (broad SMARTS) is 1. The maximum atomic E-state index is 13.2. The molecule has 1 fully saturated rings. The Morgan fingerprint density at radius 2 is 1.85 bits per heavy atom. The number of aromatic nitrogens is 2. The van der Waals surface area contributed by atoms with Crippen LogP contribution in [0.5, 0.6) is 11.5 Å². The molecule has 0 aliphatic heterocycles. The smallest absolute Gasteiger partial charge is 0.309 e. The first kappa shape index (κ1) is 25.3. The number of carbonyl (C=O) groups is 2. The van der Waals surface area contributed by atoms with E-state index >= 15 is 0 Å². The largest absolute Gasteiger partial charge is 0.496 e. The lowest BCUT2D eigenvalue weighted by Crippen LogP contribution is -2.26. The number of carbonyl (C=O) groups excluding carboxylic acids is 1. The summed E-state index contributed by atoms with van der Waals surface area (Å²) in [6.07, 6.45) is 3.51. The Bertz CT molecular complexity index is 1050. The van der Waals surface area contributed by atoms with E-state index in [1.54, 1.807) is 26.4 Å². The van der Waals surface area contributed by atoms with Crippen LogP contribution in [0.4, 0.5) is 0 Å². The summed E-state index contributed by atoms with van der Waals surface area (Å²) in [6.45, 7) is 8.30. The summed E-state index contributed by atoms with van der Waals surface area (Å²) < 4.78 is 13.2. The SMILES string of the molecule is COc1cccc(OC)c1-c1cc(C(=O)N/C(=C/C(C)C)CC(=O)O)nn1C1CCC(C)C1C. The van der Waals surface area contributed by atoms with Crippen molar-refractivity contribution in [3.8, 4) is 22.8 Å². The van der Waals surface area contributed by atoms with E-state index in [0.717, 1.165) is 24.1 Å². The van der Waals surface area contributed by atoms with E-state index in [2.05, 4.69) is 19.2 Å². The summed E-state index contributed by atoms with van der Waals surface area (Å²) in [7, 11) is 3.20. The quantitative estimate of drug-likeness (QED) is 0.540. The molecular weight excluding hydrogens is 434 g/mol. The molecule has 2 aromatic rings. The maximum absolute atomic E-state index is 13.2. The molecule has 1 heterocycles. The Morgan fingerprint density at radius 1 is 1.21 bits per heavy atom. The number of carboxylic acids is 1. The summed E-state index contributed by atoms with van der Waals surface area (Å²) in [6, 6.07) is 7.41. The van der Waals surface area contributed by atoms with Crippen LogP contribution in [0, 0.1) is 17.8 Å². The van der Waals surface area contributed by atoms with E-state index in [4.69, 9.17) is 14.6 Å². The molecular formula is C26H35N3O5. The number of benzene rings is 1. The molecule has 1 amide bonds. The van der Waals surface area contributed by atoms with Crippen LogP contribution >= 0.6 is 0 Å². The molecule has 2 N–H and O–H groups in total. The number of methoxy groups -OCH3 is 2. The van der Waals surface area contributed by atoms with Gasteiger partial charge in [0.25, 0.3) is 5.91 Å². The highest BCUT2D eigenvalue weighted by atomic mass is 16.5. The van der Waals surface area contributed by atoms with Crippen molar-refractivity contribution >= 4 is 11.9 Å². The molecule has 1 aromatic heterocycles. The molecule has 0 radical (unpaired) electrons. The second-order valence-electron chi connectivity index (χ2n) is 9.34. The predicted octanol–water partition coefficient (Wildman–Crippen LogP) is 4.92. The molecule has 184 valence electrons. The van der Waals surface area contributed by atoms with Crippen molar-refractivity contribution in [2.45, 2.75) is 53.0 Å². The van der Waals surface area contributed by atoms with Crippen LogP contribution in [-0.4, -0.2) is 41.0 Å². The molecule has 3 rings (SSSR count). The summed E-state index contributed by atoms with van der Waals surface area (Å²) in [4.78, 5) is 24.5. The van der Waals surface area contributed by atoms with Crippen LogP contribution < -0.4 is 14.8 Å². The first-order valence-corrected chi connectivity index (χ1v) is 11.7. The van der Waals surface area contributed by atoms with Gasteiger partial charge in [-0.05, 0) is 48.8 Å². The van der Waals surface area contributed by atoms with E-state index in [1.807, 2.05) is 36.7 Å². The average Bonchev–Trinajstić information content (AvgIpc) is 3.35. The van der Waals surface area contributed by atoms with Crippen molar-refractivity contribution in [3.05, 3.63) is 41.7 Å². The van der Waals surface area contributed by atoms with Gasteiger partial charge in [-0.1, -0.05) is 39.8 Å². The lowest BCUT2D eigenvalue weighted by Gasteiger charge is -2.22. The van der Waals surface area contributed by atoms with Crippen LogP contribution in [0.15, 0.2) is 36.0 Å². The molecule has 1 aliphatic carbocycles. The lowest BCUT2D eigenvalue weighted by molar-refractivity contribution is -0.136. The van der Waals surface area contributed by atoms with E-state index < -0.39 is 11.9 Å². The predicted molar refractivity (Wildman–Crippen MR) is 130 cm³/mol. The number of nitrogens with zero attached hydrogens (tertiary/aromatic N) is 2. The van der Waals surface area contributed by atoms with Gasteiger partial charge in [0.2, 0.25) is 0 Å². The average molecular weight is 470 g/mol. The zero-order valence-electron chi connectivity index (χ0n) is 20.8. The van der Waals surface area contributed by atoms with Crippen molar-refractivity contribution in [1.29, 1.82) is 0 Å². The zero-order valence-corrected chi connectivity index (χ0v) is 20.8. The number of ether oxygens (including phenoxy) is 2. The Kier molecular flexibility index (Phi) is 8.02. The standard InChI is InChI=1S/C26H35N3O5/c1-15(2)12-18(13-24(30)31)27-26(32)19-14-21(25-22(33-5)8-7-9-23(25)34-6)29(28-19)20-11-10-16(3)17(20)4/h7-9,12,14-17,20H,10-11,13H2,1-6H3,(H,27,32)(H,30,31)/b18-12+. The molecule has 8 heteroatoms. The number of hydrogen-bond acceptors (Lipinski definition) is 5. The number of nitrogens with one attached hydrogen (secondary N) is 1. The van der Waals surface area contributed by atoms with Gasteiger partial charge in [0.15, 0.2) is 5.69 Å². The van der Waals surface area contributed by atoms with Crippen LogP contribution in [0.1, 0.15) is 63.5 Å². The van der Waals surface area contributed by atoms with Crippen LogP contribution in [0.2, 0.25) is 0 Å². The third kappa shape index (κ3) is 5.43.